The number of nitrogens with zero attached hydrogens (tertiary/aromatic N) is 1. The van der Waals surface area contributed by atoms with Gasteiger partial charge in [0.1, 0.15) is 5.01 Å². The van der Waals surface area contributed by atoms with Crippen LogP contribution < -0.4 is 5.32 Å². The number of thiazole rings is 1. The van der Waals surface area contributed by atoms with Crippen molar-refractivity contribution in [3.8, 4) is 9.88 Å². The molecule has 1 atom stereocenters. The Morgan fingerprint density at radius 2 is 2.33 bits per heavy atom. The lowest BCUT2D eigenvalue weighted by Gasteiger charge is -2.04. The molecule has 2 rings (SSSR count). The lowest BCUT2D eigenvalue weighted by molar-refractivity contribution is 0.662. The smallest absolute Gasteiger partial charge is 0.133 e. The van der Waals surface area contributed by atoms with Crippen LogP contribution in [0.5, 0.6) is 0 Å². The number of halogens is 1. The van der Waals surface area contributed by atoms with Gasteiger partial charge in [0.15, 0.2) is 0 Å². The summed E-state index contributed by atoms with van der Waals surface area (Å²) in [6.45, 7) is 2.14. The van der Waals surface area contributed by atoms with Gasteiger partial charge in [-0.15, -0.1) is 22.7 Å². The number of thiophene rings is 1. The van der Waals surface area contributed by atoms with E-state index in [-0.39, 0.29) is 0 Å². The fraction of sp³-hybridized carbons (Fsp3) is 0.300. The molecule has 2 nitrogen and oxygen atoms in total. The Hall–Kier alpha value is -0.230. The Kier molecular flexibility index (Phi) is 3.56. The summed E-state index contributed by atoms with van der Waals surface area (Å²) in [5.41, 5.74) is 0. The zero-order valence-corrected chi connectivity index (χ0v) is 11.7. The maximum atomic E-state index is 4.44. The summed E-state index contributed by atoms with van der Waals surface area (Å²) in [7, 11) is 1.96. The van der Waals surface area contributed by atoms with Crippen LogP contribution in [-0.4, -0.2) is 12.0 Å². The number of nitrogens with one attached hydrogen (secondary N) is 1. The number of rotatable bonds is 3. The van der Waals surface area contributed by atoms with Crippen LogP contribution in [0.1, 0.15) is 17.8 Å². The van der Waals surface area contributed by atoms with Gasteiger partial charge >= 0.3 is 0 Å². The molecule has 0 spiro atoms. The van der Waals surface area contributed by atoms with Gasteiger partial charge in [0.05, 0.1) is 4.88 Å². The second-order valence-corrected chi connectivity index (χ2v) is 6.10. The van der Waals surface area contributed by atoms with Crippen LogP contribution in [0.4, 0.5) is 0 Å². The molecule has 80 valence electrons. The van der Waals surface area contributed by atoms with Crippen molar-refractivity contribution >= 4 is 38.6 Å². The van der Waals surface area contributed by atoms with Gasteiger partial charge < -0.3 is 5.32 Å². The molecule has 2 aromatic heterocycles. The molecule has 1 N–H and O–H groups in total. The van der Waals surface area contributed by atoms with Crippen LogP contribution >= 0.6 is 38.6 Å². The number of hydrogen-bond acceptors (Lipinski definition) is 4. The van der Waals surface area contributed by atoms with Crippen molar-refractivity contribution < 1.29 is 0 Å². The lowest BCUT2D eigenvalue weighted by atomic mass is 10.3. The van der Waals surface area contributed by atoms with Crippen molar-refractivity contribution in [3.05, 3.63) is 27.0 Å². The molecule has 0 fully saturated rings. The molecule has 0 aliphatic carbocycles. The molecule has 0 aliphatic rings. The first kappa shape index (κ1) is 11.3. The summed E-state index contributed by atoms with van der Waals surface area (Å²) in [4.78, 5) is 6.94. The summed E-state index contributed by atoms with van der Waals surface area (Å²) in [6, 6.07) is 2.48. The van der Waals surface area contributed by atoms with E-state index < -0.39 is 0 Å². The first-order valence-corrected chi connectivity index (χ1v) is 7.07. The van der Waals surface area contributed by atoms with E-state index in [4.69, 9.17) is 0 Å². The molecule has 2 aromatic rings. The van der Waals surface area contributed by atoms with Gasteiger partial charge in [-0.2, -0.15) is 0 Å². The Balaban J connectivity index is 2.27. The predicted molar refractivity (Wildman–Crippen MR) is 70.6 cm³/mol. The normalized spacial score (nSPS) is 13.0. The van der Waals surface area contributed by atoms with E-state index in [1.54, 1.807) is 22.7 Å². The van der Waals surface area contributed by atoms with Crippen LogP contribution in [0.25, 0.3) is 9.88 Å². The maximum Gasteiger partial charge on any atom is 0.133 e. The average molecular weight is 303 g/mol. The summed E-state index contributed by atoms with van der Waals surface area (Å²) in [5, 5.41) is 6.40. The van der Waals surface area contributed by atoms with E-state index >= 15 is 0 Å². The molecule has 15 heavy (non-hydrogen) atoms. The van der Waals surface area contributed by atoms with Gasteiger partial charge in [-0.1, -0.05) is 0 Å². The number of aromatic nitrogens is 1. The first-order chi connectivity index (χ1) is 7.20. The van der Waals surface area contributed by atoms with Crippen molar-refractivity contribution in [1.29, 1.82) is 0 Å². The van der Waals surface area contributed by atoms with Crippen LogP contribution in [0, 0.1) is 0 Å². The van der Waals surface area contributed by atoms with Gasteiger partial charge in [0, 0.05) is 27.0 Å². The van der Waals surface area contributed by atoms with E-state index in [1.807, 2.05) is 13.2 Å². The second kappa shape index (κ2) is 4.74. The quantitative estimate of drug-likeness (QED) is 0.930. The predicted octanol–water partition coefficient (Wildman–Crippen LogP) is 3.91. The molecular weight excluding hydrogens is 292 g/mol. The molecule has 0 aliphatic heterocycles. The third kappa shape index (κ3) is 2.47. The second-order valence-electron chi connectivity index (χ2n) is 3.21. The molecule has 0 saturated carbocycles. The van der Waals surface area contributed by atoms with E-state index in [2.05, 4.69) is 44.6 Å². The molecular formula is C10H11BrN2S2. The minimum Gasteiger partial charge on any atom is -0.312 e. The third-order valence-electron chi connectivity index (χ3n) is 2.16. The van der Waals surface area contributed by atoms with Gasteiger partial charge in [-0.25, -0.2) is 4.98 Å². The van der Waals surface area contributed by atoms with Crippen molar-refractivity contribution in [2.24, 2.45) is 0 Å². The van der Waals surface area contributed by atoms with E-state index in [0.29, 0.717) is 6.04 Å². The van der Waals surface area contributed by atoms with Crippen molar-refractivity contribution in [3.63, 3.8) is 0 Å². The molecule has 1 unspecified atom stereocenters. The van der Waals surface area contributed by atoms with Crippen LogP contribution in [-0.2, 0) is 0 Å². The molecule has 0 bridgehead atoms. The van der Waals surface area contributed by atoms with E-state index in [1.165, 1.54) is 9.75 Å². The van der Waals surface area contributed by atoms with Gasteiger partial charge in [-0.3, -0.25) is 0 Å². The Labute approximate surface area is 106 Å². The van der Waals surface area contributed by atoms with Gasteiger partial charge in [-0.05, 0) is 36.0 Å². The van der Waals surface area contributed by atoms with E-state index in [9.17, 15) is 0 Å². The number of hydrogen-bond donors (Lipinski definition) is 1. The molecule has 5 heteroatoms. The van der Waals surface area contributed by atoms with Gasteiger partial charge in [0.2, 0.25) is 0 Å². The molecule has 0 aromatic carbocycles. The monoisotopic (exact) mass is 302 g/mol. The van der Waals surface area contributed by atoms with Crippen molar-refractivity contribution in [1.82, 2.24) is 10.3 Å². The highest BCUT2D eigenvalue weighted by Gasteiger charge is 2.10. The maximum absolute atomic E-state index is 4.44. The van der Waals surface area contributed by atoms with E-state index in [0.717, 1.165) is 9.48 Å². The SMILES string of the molecule is CNC(C)c1cnc(-c2cc(Br)cs2)s1. The standard InChI is InChI=1S/C10H11BrN2S2/c1-6(12-2)9-4-13-10(15-9)8-3-7(11)5-14-8/h3-6,12H,1-2H3. The highest BCUT2D eigenvalue weighted by Crippen LogP contribution is 2.34. The average Bonchev–Trinajstić information content (AvgIpc) is 2.84. The minimum absolute atomic E-state index is 0.375. The highest BCUT2D eigenvalue weighted by molar-refractivity contribution is 9.10. The summed E-state index contributed by atoms with van der Waals surface area (Å²) >= 11 is 6.92. The third-order valence-corrected chi connectivity index (χ3v) is 5.20. The van der Waals surface area contributed by atoms with Crippen LogP contribution in [0.2, 0.25) is 0 Å². The molecule has 2 heterocycles. The summed E-state index contributed by atoms with van der Waals surface area (Å²) < 4.78 is 1.13. The topological polar surface area (TPSA) is 24.9 Å². The zero-order valence-electron chi connectivity index (χ0n) is 8.45. The lowest BCUT2D eigenvalue weighted by Crippen LogP contribution is -2.10. The summed E-state index contributed by atoms with van der Waals surface area (Å²) in [5.74, 6) is 0. The fourth-order valence-corrected chi connectivity index (χ4v) is 3.64. The van der Waals surface area contributed by atoms with Crippen LogP contribution in [0.3, 0.4) is 0 Å². The minimum atomic E-state index is 0.375. The highest BCUT2D eigenvalue weighted by atomic mass is 79.9. The largest absolute Gasteiger partial charge is 0.312 e. The van der Waals surface area contributed by atoms with Gasteiger partial charge in [0.25, 0.3) is 0 Å². The van der Waals surface area contributed by atoms with Crippen molar-refractivity contribution in [2.75, 3.05) is 7.05 Å². The molecule has 0 radical (unpaired) electrons. The zero-order chi connectivity index (χ0) is 10.8. The molecule has 0 saturated heterocycles. The van der Waals surface area contributed by atoms with Crippen LogP contribution in [0.15, 0.2) is 22.1 Å². The fourth-order valence-electron chi connectivity index (χ4n) is 1.17. The van der Waals surface area contributed by atoms with Crippen molar-refractivity contribution in [2.45, 2.75) is 13.0 Å². The Morgan fingerprint density at radius 1 is 1.53 bits per heavy atom. The summed E-state index contributed by atoms with van der Waals surface area (Å²) in [6.07, 6.45) is 1.95. The Bertz CT molecular complexity index is 450. The first-order valence-electron chi connectivity index (χ1n) is 4.58. The Morgan fingerprint density at radius 3 is 2.93 bits per heavy atom. The molecule has 0 amide bonds.